The molecule has 2 N–H and O–H groups in total. The molecule has 0 radical (unpaired) electrons. The first-order valence-electron chi connectivity index (χ1n) is 10.3. The van der Waals surface area contributed by atoms with Gasteiger partial charge in [0.05, 0.1) is 19.3 Å². The molecule has 0 atom stereocenters. The average Bonchev–Trinajstić information content (AvgIpc) is 3.06. The number of hydrogen-bond acceptors (Lipinski definition) is 4. The minimum absolute atomic E-state index is 0.315. The summed E-state index contributed by atoms with van der Waals surface area (Å²) in [5, 5.41) is 6.98. The number of piperidine rings is 1. The molecule has 1 saturated heterocycles. The smallest absolute Gasteiger partial charge is 0.191 e. The maximum Gasteiger partial charge on any atom is 0.191 e. The van der Waals surface area contributed by atoms with Crippen molar-refractivity contribution in [2.75, 3.05) is 33.3 Å². The van der Waals surface area contributed by atoms with Crippen LogP contribution in [0.2, 0.25) is 0 Å². The molecule has 0 amide bonds. The Kier molecular flexibility index (Phi) is 9.07. The van der Waals surface area contributed by atoms with Gasteiger partial charge in [-0.05, 0) is 32.6 Å². The molecule has 2 rings (SSSR count). The quantitative estimate of drug-likeness (QED) is 0.509. The fourth-order valence-corrected chi connectivity index (χ4v) is 3.34. The second-order valence-corrected chi connectivity index (χ2v) is 8.00. The third-order valence-electron chi connectivity index (χ3n) is 4.79. The number of rotatable bonds is 9. The predicted octanol–water partition coefficient (Wildman–Crippen LogP) is 2.09. The van der Waals surface area contributed by atoms with Crippen molar-refractivity contribution in [3.05, 3.63) is 18.2 Å². The third-order valence-corrected chi connectivity index (χ3v) is 4.79. The summed E-state index contributed by atoms with van der Waals surface area (Å²) in [7, 11) is 1.83. The van der Waals surface area contributed by atoms with Crippen LogP contribution in [0.3, 0.4) is 0 Å². The fraction of sp³-hybridized carbons (Fsp3) is 0.800. The zero-order valence-electron chi connectivity index (χ0n) is 17.7. The van der Waals surface area contributed by atoms with Crippen LogP contribution in [0, 0.1) is 5.92 Å². The van der Waals surface area contributed by atoms with Gasteiger partial charge in [0.25, 0.3) is 0 Å². The first-order chi connectivity index (χ1) is 13.0. The Balaban J connectivity index is 1.71. The van der Waals surface area contributed by atoms with Crippen LogP contribution in [0.4, 0.5) is 0 Å². The predicted molar refractivity (Wildman–Crippen MR) is 111 cm³/mol. The summed E-state index contributed by atoms with van der Waals surface area (Å²) in [4.78, 5) is 11.3. The molecule has 0 unspecified atom stereocenters. The second-order valence-electron chi connectivity index (χ2n) is 8.00. The average molecular weight is 379 g/mol. The number of guanidine groups is 1. The van der Waals surface area contributed by atoms with Crippen LogP contribution in [0.25, 0.3) is 0 Å². The molecule has 1 aliphatic heterocycles. The highest BCUT2D eigenvalue weighted by Gasteiger charge is 2.20. The Morgan fingerprint density at radius 2 is 2.04 bits per heavy atom. The van der Waals surface area contributed by atoms with Gasteiger partial charge < -0.3 is 24.8 Å². The number of imidazole rings is 1. The number of aliphatic imine (C=N–C) groups is 1. The van der Waals surface area contributed by atoms with Gasteiger partial charge in [-0.15, -0.1) is 0 Å². The summed E-state index contributed by atoms with van der Waals surface area (Å²) >= 11 is 0. The molecule has 1 aromatic heterocycles. The Bertz CT molecular complexity index is 561. The molecule has 7 nitrogen and oxygen atoms in total. The summed E-state index contributed by atoms with van der Waals surface area (Å²) in [5.74, 6) is 2.51. The number of hydrogen-bond donors (Lipinski definition) is 2. The van der Waals surface area contributed by atoms with Crippen LogP contribution in [-0.2, 0) is 17.8 Å². The van der Waals surface area contributed by atoms with Gasteiger partial charge in [-0.3, -0.25) is 4.99 Å². The van der Waals surface area contributed by atoms with E-state index in [0.29, 0.717) is 24.6 Å². The van der Waals surface area contributed by atoms with Crippen molar-refractivity contribution in [2.45, 2.75) is 65.8 Å². The Labute approximate surface area is 164 Å². The van der Waals surface area contributed by atoms with E-state index in [1.54, 1.807) is 0 Å². The summed E-state index contributed by atoms with van der Waals surface area (Å²) in [6, 6.07) is 0.467. The van der Waals surface area contributed by atoms with E-state index in [2.05, 4.69) is 57.8 Å². The first kappa shape index (κ1) is 21.7. The first-order valence-corrected chi connectivity index (χ1v) is 10.3. The summed E-state index contributed by atoms with van der Waals surface area (Å²) in [6.07, 6.45) is 6.49. The molecule has 0 aliphatic carbocycles. The van der Waals surface area contributed by atoms with Gasteiger partial charge in [-0.2, -0.15) is 0 Å². The number of aromatic nitrogens is 2. The molecule has 1 aliphatic rings. The van der Waals surface area contributed by atoms with Gasteiger partial charge in [0.1, 0.15) is 5.82 Å². The molecule has 7 heteroatoms. The second kappa shape index (κ2) is 11.3. The normalized spacial score (nSPS) is 17.1. The van der Waals surface area contributed by atoms with Crippen molar-refractivity contribution in [1.82, 2.24) is 25.1 Å². The molecular weight excluding hydrogens is 340 g/mol. The van der Waals surface area contributed by atoms with Crippen LogP contribution < -0.4 is 10.6 Å². The van der Waals surface area contributed by atoms with E-state index in [9.17, 15) is 0 Å². The van der Waals surface area contributed by atoms with E-state index in [1.165, 1.54) is 0 Å². The van der Waals surface area contributed by atoms with E-state index in [4.69, 9.17) is 4.74 Å². The fourth-order valence-electron chi connectivity index (χ4n) is 3.34. The molecule has 0 aromatic carbocycles. The highest BCUT2D eigenvalue weighted by Crippen LogP contribution is 2.10. The Morgan fingerprint density at radius 1 is 1.30 bits per heavy atom. The number of nitrogens with one attached hydrogen (secondary N) is 2. The molecule has 1 aromatic rings. The topological polar surface area (TPSA) is 66.7 Å². The lowest BCUT2D eigenvalue weighted by atomic mass is 10.1. The monoisotopic (exact) mass is 378 g/mol. The minimum atomic E-state index is 0.315. The van der Waals surface area contributed by atoms with Gasteiger partial charge in [0.15, 0.2) is 5.96 Å². The zero-order valence-corrected chi connectivity index (χ0v) is 17.7. The maximum atomic E-state index is 5.66. The number of likely N-dealkylation sites (tertiary alicyclic amines) is 1. The maximum absolute atomic E-state index is 5.66. The highest BCUT2D eigenvalue weighted by molar-refractivity contribution is 5.79. The van der Waals surface area contributed by atoms with Crippen molar-refractivity contribution in [1.29, 1.82) is 0 Å². The minimum Gasteiger partial charge on any atom is -0.377 e. The Morgan fingerprint density at radius 3 is 2.67 bits per heavy atom. The SMILES string of the molecule is CN=C(NCc1nccn1CC(C)C)NC1CCN(CCOC(C)C)CC1. The van der Waals surface area contributed by atoms with E-state index < -0.39 is 0 Å². The molecule has 27 heavy (non-hydrogen) atoms. The Hall–Kier alpha value is -1.60. The van der Waals surface area contributed by atoms with Crippen molar-refractivity contribution in [2.24, 2.45) is 10.9 Å². The molecule has 1 fully saturated rings. The summed E-state index contributed by atoms with van der Waals surface area (Å²) < 4.78 is 7.87. The van der Waals surface area contributed by atoms with Crippen LogP contribution in [0.15, 0.2) is 17.4 Å². The van der Waals surface area contributed by atoms with Crippen LogP contribution >= 0.6 is 0 Å². The zero-order chi connectivity index (χ0) is 19.6. The van der Waals surface area contributed by atoms with Crippen LogP contribution in [0.1, 0.15) is 46.4 Å². The van der Waals surface area contributed by atoms with Gasteiger partial charge in [-0.1, -0.05) is 13.8 Å². The molecule has 0 bridgehead atoms. The van der Waals surface area contributed by atoms with Gasteiger partial charge >= 0.3 is 0 Å². The summed E-state index contributed by atoms with van der Waals surface area (Å²) in [5.41, 5.74) is 0. The lowest BCUT2D eigenvalue weighted by Crippen LogP contribution is -2.49. The molecule has 154 valence electrons. The summed E-state index contributed by atoms with van der Waals surface area (Å²) in [6.45, 7) is 14.3. The third kappa shape index (κ3) is 7.89. The van der Waals surface area contributed by atoms with Crippen molar-refractivity contribution in [3.63, 3.8) is 0 Å². The van der Waals surface area contributed by atoms with Crippen molar-refractivity contribution >= 4 is 5.96 Å². The highest BCUT2D eigenvalue weighted by atomic mass is 16.5. The van der Waals surface area contributed by atoms with Gasteiger partial charge in [0, 0.05) is 51.7 Å². The van der Waals surface area contributed by atoms with Crippen LogP contribution in [0.5, 0.6) is 0 Å². The van der Waals surface area contributed by atoms with Crippen LogP contribution in [-0.4, -0.2) is 65.8 Å². The molecular formula is C20H38N6O. The number of nitrogens with zero attached hydrogens (tertiary/aromatic N) is 4. The van der Waals surface area contributed by atoms with Gasteiger partial charge in [0.2, 0.25) is 0 Å². The van der Waals surface area contributed by atoms with Gasteiger partial charge in [-0.25, -0.2) is 4.98 Å². The lowest BCUT2D eigenvalue weighted by molar-refractivity contribution is 0.0532. The van der Waals surface area contributed by atoms with E-state index in [-0.39, 0.29) is 0 Å². The largest absolute Gasteiger partial charge is 0.377 e. The standard InChI is InChI=1S/C20H38N6O/c1-16(2)15-26-11-8-22-19(26)14-23-20(21-5)24-18-6-9-25(10-7-18)12-13-27-17(3)4/h8,11,16-18H,6-7,9-10,12-15H2,1-5H3,(H2,21,23,24). The molecule has 0 spiro atoms. The van der Waals surface area contributed by atoms with E-state index in [0.717, 1.165) is 57.4 Å². The molecule has 2 heterocycles. The molecule has 0 saturated carbocycles. The van der Waals surface area contributed by atoms with E-state index >= 15 is 0 Å². The lowest BCUT2D eigenvalue weighted by Gasteiger charge is -2.33. The van der Waals surface area contributed by atoms with Crippen molar-refractivity contribution < 1.29 is 4.74 Å². The van der Waals surface area contributed by atoms with E-state index in [1.807, 2.05) is 19.4 Å². The number of ether oxygens (including phenoxy) is 1. The van der Waals surface area contributed by atoms with Crippen molar-refractivity contribution in [3.8, 4) is 0 Å².